The lowest BCUT2D eigenvalue weighted by Gasteiger charge is -2.50. The van der Waals surface area contributed by atoms with Gasteiger partial charge in [-0.05, 0) is 44.0 Å². The summed E-state index contributed by atoms with van der Waals surface area (Å²) >= 11 is 0. The van der Waals surface area contributed by atoms with Crippen molar-refractivity contribution in [2.24, 2.45) is 5.92 Å². The monoisotopic (exact) mass is 507 g/mol. The van der Waals surface area contributed by atoms with Gasteiger partial charge in [0.2, 0.25) is 5.91 Å². The van der Waals surface area contributed by atoms with Gasteiger partial charge < -0.3 is 24.3 Å². The van der Waals surface area contributed by atoms with Gasteiger partial charge in [-0.25, -0.2) is 4.79 Å². The number of hydrogen-bond acceptors (Lipinski definition) is 7. The zero-order chi connectivity index (χ0) is 26.1. The lowest BCUT2D eigenvalue weighted by molar-refractivity contribution is -0.384. The number of carbonyl (C=O) groups excluding carboxylic acids is 2. The van der Waals surface area contributed by atoms with Gasteiger partial charge in [0.1, 0.15) is 0 Å². The molecule has 2 atom stereocenters. The van der Waals surface area contributed by atoms with Crippen molar-refractivity contribution in [2.45, 2.75) is 26.3 Å². The molecule has 0 saturated carbocycles. The van der Waals surface area contributed by atoms with Gasteiger partial charge in [-0.1, -0.05) is 17.7 Å². The van der Waals surface area contributed by atoms with Crippen LogP contribution in [-0.4, -0.2) is 85.2 Å². The Balaban J connectivity index is 1.40. The van der Waals surface area contributed by atoms with Gasteiger partial charge in [-0.2, -0.15) is 0 Å². The van der Waals surface area contributed by atoms with E-state index in [9.17, 15) is 19.7 Å². The molecule has 10 nitrogen and oxygen atoms in total. The minimum Gasteiger partial charge on any atom is -0.450 e. The Morgan fingerprint density at radius 1 is 1.00 bits per heavy atom. The van der Waals surface area contributed by atoms with Gasteiger partial charge in [0.25, 0.3) is 5.69 Å². The van der Waals surface area contributed by atoms with Gasteiger partial charge in [0.15, 0.2) is 0 Å². The highest BCUT2D eigenvalue weighted by Crippen LogP contribution is 2.39. The highest BCUT2D eigenvalue weighted by molar-refractivity contribution is 5.83. The van der Waals surface area contributed by atoms with Crippen molar-refractivity contribution < 1.29 is 19.2 Å². The largest absolute Gasteiger partial charge is 0.450 e. The van der Waals surface area contributed by atoms with Crippen LogP contribution in [0.25, 0.3) is 0 Å². The molecule has 2 saturated heterocycles. The maximum Gasteiger partial charge on any atom is 0.409 e. The summed E-state index contributed by atoms with van der Waals surface area (Å²) < 4.78 is 5.11. The number of carbonyl (C=O) groups is 2. The molecule has 2 aromatic rings. The van der Waals surface area contributed by atoms with Crippen molar-refractivity contribution in [1.82, 2.24) is 9.80 Å². The fraction of sp³-hybridized carbons (Fsp3) is 0.481. The van der Waals surface area contributed by atoms with E-state index in [0.29, 0.717) is 45.8 Å². The number of non-ortho nitro benzene ring substituents is 1. The Hall–Kier alpha value is -3.82. The first-order chi connectivity index (χ1) is 17.9. The molecule has 0 aliphatic carbocycles. The molecule has 10 heteroatoms. The van der Waals surface area contributed by atoms with Gasteiger partial charge in [-0.15, -0.1) is 0 Å². The van der Waals surface area contributed by atoms with E-state index >= 15 is 0 Å². The number of fused-ring (bicyclic) bond motifs is 3. The molecule has 2 aromatic carbocycles. The maximum atomic E-state index is 13.9. The van der Waals surface area contributed by atoms with Crippen LogP contribution < -0.4 is 9.80 Å². The third-order valence-corrected chi connectivity index (χ3v) is 7.74. The molecule has 0 N–H and O–H groups in total. The molecule has 5 rings (SSSR count). The average molecular weight is 508 g/mol. The zero-order valence-corrected chi connectivity index (χ0v) is 21.3. The predicted octanol–water partition coefficient (Wildman–Crippen LogP) is 3.07. The number of nitro benzene ring substituents is 1. The number of ether oxygens (including phenoxy) is 1. The quantitative estimate of drug-likeness (QED) is 0.463. The van der Waals surface area contributed by atoms with Gasteiger partial charge >= 0.3 is 6.09 Å². The van der Waals surface area contributed by atoms with E-state index in [1.807, 2.05) is 11.0 Å². The summed E-state index contributed by atoms with van der Waals surface area (Å²) in [5, 5.41) is 11.5. The lowest BCUT2D eigenvalue weighted by atomic mass is 9.82. The number of amides is 2. The number of piperazine rings is 2. The van der Waals surface area contributed by atoms with Crippen molar-refractivity contribution >= 4 is 29.1 Å². The molecule has 0 aromatic heterocycles. The second-order valence-electron chi connectivity index (χ2n) is 9.93. The fourth-order valence-electron chi connectivity index (χ4n) is 5.76. The number of hydrogen-bond donors (Lipinski definition) is 0. The molecule has 2 amide bonds. The third-order valence-electron chi connectivity index (χ3n) is 7.74. The Morgan fingerprint density at radius 3 is 2.38 bits per heavy atom. The molecule has 37 heavy (non-hydrogen) atoms. The van der Waals surface area contributed by atoms with E-state index in [2.05, 4.69) is 41.0 Å². The first kappa shape index (κ1) is 24.9. The first-order valence-electron chi connectivity index (χ1n) is 12.9. The predicted molar refractivity (Wildman–Crippen MR) is 140 cm³/mol. The molecule has 3 heterocycles. The van der Waals surface area contributed by atoms with Crippen molar-refractivity contribution in [2.75, 3.05) is 62.2 Å². The van der Waals surface area contributed by atoms with Gasteiger partial charge in [0.05, 0.1) is 23.5 Å². The van der Waals surface area contributed by atoms with Crippen LogP contribution in [0.3, 0.4) is 0 Å². The van der Waals surface area contributed by atoms with Crippen LogP contribution in [0.1, 0.15) is 18.1 Å². The van der Waals surface area contributed by atoms with Gasteiger partial charge in [0, 0.05) is 69.3 Å². The molecule has 0 spiro atoms. The second-order valence-corrected chi connectivity index (χ2v) is 9.93. The number of nitrogens with zero attached hydrogens (tertiary/aromatic N) is 5. The summed E-state index contributed by atoms with van der Waals surface area (Å²) in [6, 6.07) is 13.4. The number of anilines is 2. The van der Waals surface area contributed by atoms with Crippen LogP contribution in [0.5, 0.6) is 0 Å². The molecule has 196 valence electrons. The van der Waals surface area contributed by atoms with Crippen LogP contribution in [-0.2, 0) is 16.0 Å². The van der Waals surface area contributed by atoms with Crippen LogP contribution in [0.15, 0.2) is 42.5 Å². The number of benzene rings is 2. The Labute approximate surface area is 216 Å². The average Bonchev–Trinajstić information content (AvgIpc) is 2.92. The Bertz CT molecular complexity index is 1180. The van der Waals surface area contributed by atoms with Crippen LogP contribution in [0.2, 0.25) is 0 Å². The number of rotatable bonds is 4. The minimum atomic E-state index is -0.382. The van der Waals surface area contributed by atoms with Crippen molar-refractivity contribution in [3.63, 3.8) is 0 Å². The SMILES string of the molecule is CCOC(=O)N1CCN(C(=O)[C@@H]2Cc3cc([N+](=O)[O-])ccc3N3CCN(c4ccc(C)cc4)C[C@@H]23)CC1. The van der Waals surface area contributed by atoms with E-state index in [1.165, 1.54) is 5.56 Å². The third kappa shape index (κ3) is 4.92. The molecule has 0 bridgehead atoms. The smallest absolute Gasteiger partial charge is 0.409 e. The van der Waals surface area contributed by atoms with Crippen molar-refractivity contribution in [3.8, 4) is 0 Å². The maximum absolute atomic E-state index is 13.9. The molecular weight excluding hydrogens is 474 g/mol. The lowest BCUT2D eigenvalue weighted by Crippen LogP contribution is -2.62. The molecule has 0 radical (unpaired) electrons. The molecule has 3 aliphatic rings. The first-order valence-corrected chi connectivity index (χ1v) is 12.9. The van der Waals surface area contributed by atoms with E-state index in [1.54, 1.807) is 24.0 Å². The highest BCUT2D eigenvalue weighted by Gasteiger charge is 2.44. The normalized spacial score (nSPS) is 21.2. The molecular formula is C27H33N5O5. The Kier molecular flexibility index (Phi) is 6.90. The standard InChI is InChI=1S/C27H33N5O5/c1-3-37-27(34)29-12-10-28(11-13-29)26(33)23-17-20-16-22(32(35)36)8-9-24(20)31-15-14-30(18-25(23)31)21-6-4-19(2)5-7-21/h4-9,16,23,25H,3,10-15,17-18H2,1-2H3/t23-,25+/m1/s1. The summed E-state index contributed by atoms with van der Waals surface area (Å²) in [6.45, 7) is 8.15. The van der Waals surface area contributed by atoms with E-state index in [0.717, 1.165) is 30.0 Å². The number of nitro groups is 1. The minimum absolute atomic E-state index is 0.0430. The van der Waals surface area contributed by atoms with Crippen LogP contribution >= 0.6 is 0 Å². The summed E-state index contributed by atoms with van der Waals surface area (Å²) in [5.41, 5.74) is 4.21. The fourth-order valence-corrected chi connectivity index (χ4v) is 5.76. The summed E-state index contributed by atoms with van der Waals surface area (Å²) in [5.74, 6) is -0.293. The summed E-state index contributed by atoms with van der Waals surface area (Å²) in [4.78, 5) is 45.2. The molecule has 0 unspecified atom stereocenters. The van der Waals surface area contributed by atoms with Crippen molar-refractivity contribution in [3.05, 3.63) is 63.7 Å². The van der Waals surface area contributed by atoms with E-state index < -0.39 is 0 Å². The van der Waals surface area contributed by atoms with Gasteiger partial charge in [-0.3, -0.25) is 14.9 Å². The second kappa shape index (κ2) is 10.3. The topological polar surface area (TPSA) is 99.5 Å². The number of aryl methyl sites for hydroxylation is 1. The molecule has 3 aliphatic heterocycles. The van der Waals surface area contributed by atoms with Crippen molar-refractivity contribution in [1.29, 1.82) is 0 Å². The zero-order valence-electron chi connectivity index (χ0n) is 21.3. The van der Waals surface area contributed by atoms with E-state index in [-0.39, 0.29) is 34.6 Å². The molecule has 2 fully saturated rings. The van der Waals surface area contributed by atoms with Crippen LogP contribution in [0, 0.1) is 23.0 Å². The highest BCUT2D eigenvalue weighted by atomic mass is 16.6. The summed E-state index contributed by atoms with van der Waals surface area (Å²) in [6.07, 6.45) is 0.109. The van der Waals surface area contributed by atoms with Crippen LogP contribution in [0.4, 0.5) is 21.9 Å². The summed E-state index contributed by atoms with van der Waals surface area (Å²) in [7, 11) is 0. The Morgan fingerprint density at radius 2 is 1.70 bits per heavy atom. The van der Waals surface area contributed by atoms with E-state index in [4.69, 9.17) is 4.74 Å².